The van der Waals surface area contributed by atoms with Crippen molar-refractivity contribution in [1.29, 1.82) is 5.26 Å². The zero-order valence-corrected chi connectivity index (χ0v) is 19.7. The van der Waals surface area contributed by atoms with Crippen LogP contribution in [0.1, 0.15) is 44.6 Å². The number of nitriles is 1. The molecule has 0 amide bonds. The van der Waals surface area contributed by atoms with Gasteiger partial charge in [-0.3, -0.25) is 4.90 Å². The second kappa shape index (κ2) is 10.1. The van der Waals surface area contributed by atoms with E-state index >= 15 is 0 Å². The van der Waals surface area contributed by atoms with Crippen LogP contribution in [-0.4, -0.2) is 21.0 Å². The minimum atomic E-state index is 0.694. The molecule has 34 heavy (non-hydrogen) atoms. The molecule has 0 aliphatic carbocycles. The lowest BCUT2D eigenvalue weighted by molar-refractivity contribution is 0.239. The highest BCUT2D eigenvalue weighted by Gasteiger charge is 2.20. The van der Waals surface area contributed by atoms with E-state index in [9.17, 15) is 0 Å². The highest BCUT2D eigenvalue weighted by molar-refractivity contribution is 5.38. The standard InChI is InChI=1S/C30H30N4/c1-23-4-2-5-24(16-23)12-13-27-6-3-7-28-20-33(15-14-30(27)28)21-29-18-32-22-34(29)19-26-10-8-25(17-31)9-11-26/h2-11,16,18,22H,12-15,19-21H2,1H3. The summed E-state index contributed by atoms with van der Waals surface area (Å²) in [4.78, 5) is 6.95. The molecule has 0 radical (unpaired) electrons. The van der Waals surface area contributed by atoms with Crippen molar-refractivity contribution in [2.75, 3.05) is 6.54 Å². The minimum Gasteiger partial charge on any atom is -0.329 e. The number of rotatable bonds is 7. The van der Waals surface area contributed by atoms with Crippen molar-refractivity contribution in [2.24, 2.45) is 0 Å². The van der Waals surface area contributed by atoms with E-state index in [1.165, 1.54) is 33.5 Å². The van der Waals surface area contributed by atoms with Crippen molar-refractivity contribution in [2.45, 2.75) is 45.8 Å². The van der Waals surface area contributed by atoms with Gasteiger partial charge in [-0.25, -0.2) is 4.98 Å². The monoisotopic (exact) mass is 446 g/mol. The van der Waals surface area contributed by atoms with Crippen molar-refractivity contribution in [3.8, 4) is 6.07 Å². The number of hydrogen-bond acceptors (Lipinski definition) is 3. The Hall–Kier alpha value is -3.68. The first kappa shape index (κ1) is 22.1. The first-order valence-electron chi connectivity index (χ1n) is 12.0. The van der Waals surface area contributed by atoms with Gasteiger partial charge in [0, 0.05) is 32.4 Å². The van der Waals surface area contributed by atoms with Crippen LogP contribution < -0.4 is 0 Å². The van der Waals surface area contributed by atoms with Crippen LogP contribution in [0.15, 0.2) is 79.3 Å². The van der Waals surface area contributed by atoms with E-state index in [0.29, 0.717) is 5.56 Å². The molecule has 1 aliphatic rings. The van der Waals surface area contributed by atoms with E-state index in [-0.39, 0.29) is 0 Å². The fourth-order valence-electron chi connectivity index (χ4n) is 5.00. The molecule has 0 saturated heterocycles. The number of imidazole rings is 1. The average molecular weight is 447 g/mol. The van der Waals surface area contributed by atoms with Crippen LogP contribution in [0.2, 0.25) is 0 Å². The van der Waals surface area contributed by atoms with Crippen molar-refractivity contribution in [3.05, 3.63) is 124 Å². The summed E-state index contributed by atoms with van der Waals surface area (Å²) in [5, 5.41) is 9.02. The Balaban J connectivity index is 1.24. The van der Waals surface area contributed by atoms with E-state index in [4.69, 9.17) is 5.26 Å². The summed E-state index contributed by atoms with van der Waals surface area (Å²) in [7, 11) is 0. The predicted molar refractivity (Wildman–Crippen MR) is 135 cm³/mol. The van der Waals surface area contributed by atoms with E-state index in [1.807, 2.05) is 36.8 Å². The average Bonchev–Trinajstić information content (AvgIpc) is 3.29. The van der Waals surface area contributed by atoms with Crippen molar-refractivity contribution < 1.29 is 0 Å². The fraction of sp³-hybridized carbons (Fsp3) is 0.267. The summed E-state index contributed by atoms with van der Waals surface area (Å²) < 4.78 is 2.22. The number of benzene rings is 3. The van der Waals surface area contributed by atoms with Crippen LogP contribution in [0, 0.1) is 18.3 Å². The minimum absolute atomic E-state index is 0.694. The van der Waals surface area contributed by atoms with Gasteiger partial charge in [-0.15, -0.1) is 0 Å². The Morgan fingerprint density at radius 2 is 1.79 bits per heavy atom. The quantitative estimate of drug-likeness (QED) is 0.379. The molecule has 5 rings (SSSR count). The molecule has 1 aromatic heterocycles. The van der Waals surface area contributed by atoms with Crippen molar-refractivity contribution >= 4 is 0 Å². The molecule has 0 N–H and O–H groups in total. The topological polar surface area (TPSA) is 44.9 Å². The number of fused-ring (bicyclic) bond motifs is 1. The van der Waals surface area contributed by atoms with Crippen LogP contribution >= 0.6 is 0 Å². The van der Waals surface area contributed by atoms with Crippen LogP contribution in [-0.2, 0) is 38.9 Å². The third-order valence-corrected chi connectivity index (χ3v) is 6.83. The molecule has 4 heteroatoms. The van der Waals surface area contributed by atoms with Gasteiger partial charge in [0.15, 0.2) is 0 Å². The Labute approximate surface area is 202 Å². The second-order valence-electron chi connectivity index (χ2n) is 9.33. The molecule has 0 fully saturated rings. The lowest BCUT2D eigenvalue weighted by Crippen LogP contribution is -2.31. The molecular formula is C30H30N4. The Kier molecular flexibility index (Phi) is 6.56. The Morgan fingerprint density at radius 1 is 0.941 bits per heavy atom. The molecule has 170 valence electrons. The van der Waals surface area contributed by atoms with E-state index in [1.54, 1.807) is 5.56 Å². The summed E-state index contributed by atoms with van der Waals surface area (Å²) in [5.74, 6) is 0. The van der Waals surface area contributed by atoms with Gasteiger partial charge in [-0.1, -0.05) is 60.2 Å². The molecule has 0 unspecified atom stereocenters. The molecule has 2 heterocycles. The predicted octanol–water partition coefficient (Wildman–Crippen LogP) is 5.46. The largest absolute Gasteiger partial charge is 0.329 e. The summed E-state index contributed by atoms with van der Waals surface area (Å²) in [6, 6.07) is 25.7. The zero-order chi connectivity index (χ0) is 23.3. The number of aryl methyl sites for hydroxylation is 3. The maximum Gasteiger partial charge on any atom is 0.0991 e. The van der Waals surface area contributed by atoms with Gasteiger partial charge < -0.3 is 4.57 Å². The molecule has 4 nitrogen and oxygen atoms in total. The zero-order valence-electron chi connectivity index (χ0n) is 19.7. The van der Waals surface area contributed by atoms with Gasteiger partial charge in [0.1, 0.15) is 0 Å². The van der Waals surface area contributed by atoms with Crippen LogP contribution in [0.25, 0.3) is 0 Å². The van der Waals surface area contributed by atoms with Crippen LogP contribution in [0.4, 0.5) is 0 Å². The van der Waals surface area contributed by atoms with Crippen molar-refractivity contribution in [3.63, 3.8) is 0 Å². The highest BCUT2D eigenvalue weighted by atomic mass is 15.2. The third kappa shape index (κ3) is 5.11. The van der Waals surface area contributed by atoms with E-state index in [0.717, 1.165) is 45.4 Å². The van der Waals surface area contributed by atoms with E-state index in [2.05, 4.69) is 69.9 Å². The molecule has 0 saturated carbocycles. The summed E-state index contributed by atoms with van der Waals surface area (Å²) in [6.45, 7) is 5.88. The molecule has 0 bridgehead atoms. The summed E-state index contributed by atoms with van der Waals surface area (Å²) >= 11 is 0. The van der Waals surface area contributed by atoms with Crippen molar-refractivity contribution in [1.82, 2.24) is 14.5 Å². The van der Waals surface area contributed by atoms with Gasteiger partial charge in [-0.2, -0.15) is 5.26 Å². The third-order valence-electron chi connectivity index (χ3n) is 6.83. The lowest BCUT2D eigenvalue weighted by Gasteiger charge is -2.30. The first-order valence-corrected chi connectivity index (χ1v) is 12.0. The fourth-order valence-corrected chi connectivity index (χ4v) is 5.00. The normalized spacial score (nSPS) is 13.4. The van der Waals surface area contributed by atoms with Gasteiger partial charge in [0.2, 0.25) is 0 Å². The molecule has 4 aromatic rings. The maximum atomic E-state index is 9.02. The summed E-state index contributed by atoms with van der Waals surface area (Å²) in [5.41, 5.74) is 10.4. The lowest BCUT2D eigenvalue weighted by atomic mass is 9.91. The molecule has 1 aliphatic heterocycles. The second-order valence-corrected chi connectivity index (χ2v) is 9.33. The summed E-state index contributed by atoms with van der Waals surface area (Å²) in [6.07, 6.45) is 7.19. The number of aromatic nitrogens is 2. The number of nitrogens with zero attached hydrogens (tertiary/aromatic N) is 4. The Morgan fingerprint density at radius 3 is 2.62 bits per heavy atom. The number of hydrogen-bond donors (Lipinski definition) is 0. The SMILES string of the molecule is Cc1cccc(CCc2cccc3c2CCN(Cc2cncn2Cc2ccc(C#N)cc2)C3)c1. The first-order chi connectivity index (χ1) is 16.7. The van der Waals surface area contributed by atoms with Gasteiger partial charge in [0.25, 0.3) is 0 Å². The van der Waals surface area contributed by atoms with Crippen LogP contribution in [0.3, 0.4) is 0 Å². The molecule has 0 spiro atoms. The van der Waals surface area contributed by atoms with Gasteiger partial charge >= 0.3 is 0 Å². The van der Waals surface area contributed by atoms with Crippen LogP contribution in [0.5, 0.6) is 0 Å². The smallest absolute Gasteiger partial charge is 0.0991 e. The molecular weight excluding hydrogens is 416 g/mol. The van der Waals surface area contributed by atoms with Gasteiger partial charge in [-0.05, 0) is 66.1 Å². The highest BCUT2D eigenvalue weighted by Crippen LogP contribution is 2.25. The van der Waals surface area contributed by atoms with Gasteiger partial charge in [0.05, 0.1) is 23.7 Å². The maximum absolute atomic E-state index is 9.02. The van der Waals surface area contributed by atoms with E-state index < -0.39 is 0 Å². The molecule has 3 aromatic carbocycles. The Bertz CT molecular complexity index is 1310. The molecule has 0 atom stereocenters.